The molecule has 8 heteroatoms. The van der Waals surface area contributed by atoms with Crippen LogP contribution in [-0.4, -0.2) is 43.0 Å². The molecule has 0 spiro atoms. The maximum atomic E-state index is 11.5. The van der Waals surface area contributed by atoms with E-state index in [2.05, 4.69) is 15.5 Å². The van der Waals surface area contributed by atoms with Crippen molar-refractivity contribution in [2.75, 3.05) is 24.3 Å². The van der Waals surface area contributed by atoms with Gasteiger partial charge in [0.05, 0.1) is 13.7 Å². The van der Waals surface area contributed by atoms with Crippen LogP contribution in [-0.2, 0) is 17.3 Å². The van der Waals surface area contributed by atoms with E-state index in [1.54, 1.807) is 23.9 Å². The van der Waals surface area contributed by atoms with Gasteiger partial charge >= 0.3 is 0 Å². The lowest BCUT2D eigenvalue weighted by Gasteiger charge is -2.07. The number of benzene rings is 1. The van der Waals surface area contributed by atoms with Gasteiger partial charge < -0.3 is 10.5 Å². The normalized spacial score (nSPS) is 12.3. The molecule has 20 heavy (non-hydrogen) atoms. The SMILES string of the molecule is CCS(=O)CCn1nnnc1-c1cc(N)cc(OC)c1. The quantitative estimate of drug-likeness (QED) is 0.788. The molecule has 0 aliphatic rings. The highest BCUT2D eigenvalue weighted by atomic mass is 32.2. The van der Waals surface area contributed by atoms with Gasteiger partial charge in [0, 0.05) is 39.6 Å². The van der Waals surface area contributed by atoms with E-state index in [9.17, 15) is 4.21 Å². The molecule has 2 rings (SSSR count). The fourth-order valence-corrected chi connectivity index (χ4v) is 2.43. The first kappa shape index (κ1) is 14.4. The molecule has 0 aliphatic carbocycles. The maximum Gasteiger partial charge on any atom is 0.182 e. The lowest BCUT2D eigenvalue weighted by molar-refractivity contribution is 0.415. The molecule has 0 aliphatic heterocycles. The van der Waals surface area contributed by atoms with Crippen molar-refractivity contribution in [1.29, 1.82) is 0 Å². The van der Waals surface area contributed by atoms with Gasteiger partial charge in [0.15, 0.2) is 5.82 Å². The molecule has 1 aromatic carbocycles. The fourth-order valence-electron chi connectivity index (χ4n) is 1.76. The first-order valence-electron chi connectivity index (χ1n) is 6.20. The Labute approximate surface area is 119 Å². The van der Waals surface area contributed by atoms with Crippen LogP contribution in [0.4, 0.5) is 5.69 Å². The summed E-state index contributed by atoms with van der Waals surface area (Å²) in [5, 5.41) is 11.6. The van der Waals surface area contributed by atoms with Crippen molar-refractivity contribution in [3.63, 3.8) is 0 Å². The van der Waals surface area contributed by atoms with Gasteiger partial charge in [-0.2, -0.15) is 0 Å². The van der Waals surface area contributed by atoms with E-state index in [1.807, 2.05) is 13.0 Å². The Kier molecular flexibility index (Phi) is 4.67. The van der Waals surface area contributed by atoms with Gasteiger partial charge in [-0.05, 0) is 22.6 Å². The number of nitrogens with zero attached hydrogens (tertiary/aromatic N) is 4. The zero-order valence-corrected chi connectivity index (χ0v) is 12.3. The van der Waals surface area contributed by atoms with E-state index in [-0.39, 0.29) is 0 Å². The van der Waals surface area contributed by atoms with Crippen molar-refractivity contribution >= 4 is 16.5 Å². The van der Waals surface area contributed by atoms with Gasteiger partial charge in [0.1, 0.15) is 5.75 Å². The Bertz CT molecular complexity index is 614. The third-order valence-electron chi connectivity index (χ3n) is 2.81. The number of hydrogen-bond donors (Lipinski definition) is 1. The van der Waals surface area contributed by atoms with E-state index < -0.39 is 10.8 Å². The molecular weight excluding hydrogens is 278 g/mol. The van der Waals surface area contributed by atoms with Crippen molar-refractivity contribution in [2.24, 2.45) is 0 Å². The summed E-state index contributed by atoms with van der Waals surface area (Å²) in [4.78, 5) is 0. The predicted molar refractivity (Wildman–Crippen MR) is 77.8 cm³/mol. The molecule has 0 amide bonds. The van der Waals surface area contributed by atoms with E-state index in [0.717, 1.165) is 5.56 Å². The number of aromatic nitrogens is 4. The monoisotopic (exact) mass is 295 g/mol. The molecule has 108 valence electrons. The number of tetrazole rings is 1. The van der Waals surface area contributed by atoms with Gasteiger partial charge in [-0.1, -0.05) is 6.92 Å². The number of methoxy groups -OCH3 is 1. The molecule has 2 N–H and O–H groups in total. The molecule has 0 bridgehead atoms. The number of rotatable bonds is 6. The second kappa shape index (κ2) is 6.47. The zero-order valence-electron chi connectivity index (χ0n) is 11.4. The Balaban J connectivity index is 2.27. The van der Waals surface area contributed by atoms with Crippen LogP contribution in [0.5, 0.6) is 5.75 Å². The van der Waals surface area contributed by atoms with Crippen molar-refractivity contribution < 1.29 is 8.95 Å². The first-order chi connectivity index (χ1) is 9.63. The Hall–Kier alpha value is -1.96. The van der Waals surface area contributed by atoms with E-state index in [0.29, 0.717) is 35.3 Å². The zero-order chi connectivity index (χ0) is 14.5. The summed E-state index contributed by atoms with van der Waals surface area (Å²) in [6.45, 7) is 2.39. The van der Waals surface area contributed by atoms with Crippen LogP contribution in [0.25, 0.3) is 11.4 Å². The summed E-state index contributed by atoms with van der Waals surface area (Å²) < 4.78 is 18.3. The second-order valence-corrected chi connectivity index (χ2v) is 6.02. The summed E-state index contributed by atoms with van der Waals surface area (Å²) in [7, 11) is 0.723. The summed E-state index contributed by atoms with van der Waals surface area (Å²) in [5.74, 6) is 2.38. The average molecular weight is 295 g/mol. The standard InChI is InChI=1S/C12H17N5O2S/c1-3-20(18)5-4-17-12(14-15-16-17)9-6-10(13)8-11(7-9)19-2/h6-8H,3-5,13H2,1-2H3. The van der Waals surface area contributed by atoms with E-state index >= 15 is 0 Å². The molecule has 0 saturated heterocycles. The van der Waals surface area contributed by atoms with Gasteiger partial charge in [-0.25, -0.2) is 4.68 Å². The summed E-state index contributed by atoms with van der Waals surface area (Å²) in [6, 6.07) is 5.32. The number of nitrogens with two attached hydrogens (primary N) is 1. The van der Waals surface area contributed by atoms with E-state index in [1.165, 1.54) is 0 Å². The van der Waals surface area contributed by atoms with Crippen LogP contribution < -0.4 is 10.5 Å². The molecule has 0 fully saturated rings. The van der Waals surface area contributed by atoms with Gasteiger partial charge in [-0.3, -0.25) is 4.21 Å². The highest BCUT2D eigenvalue weighted by Gasteiger charge is 2.11. The topological polar surface area (TPSA) is 95.9 Å². The smallest absolute Gasteiger partial charge is 0.182 e. The Morgan fingerprint density at radius 1 is 1.40 bits per heavy atom. The van der Waals surface area contributed by atoms with Crippen LogP contribution in [0.2, 0.25) is 0 Å². The van der Waals surface area contributed by atoms with E-state index in [4.69, 9.17) is 10.5 Å². The van der Waals surface area contributed by atoms with Gasteiger partial charge in [0.25, 0.3) is 0 Å². The third-order valence-corrected chi connectivity index (χ3v) is 4.09. The largest absolute Gasteiger partial charge is 0.497 e. The number of nitrogen functional groups attached to an aromatic ring is 1. The summed E-state index contributed by atoms with van der Waals surface area (Å²) in [6.07, 6.45) is 0. The van der Waals surface area contributed by atoms with Crippen LogP contribution in [0.3, 0.4) is 0 Å². The molecular formula is C12H17N5O2S. The third kappa shape index (κ3) is 3.32. The number of hydrogen-bond acceptors (Lipinski definition) is 6. The summed E-state index contributed by atoms with van der Waals surface area (Å²) in [5.41, 5.74) is 7.18. The molecule has 2 aromatic rings. The first-order valence-corrected chi connectivity index (χ1v) is 7.69. The molecule has 0 radical (unpaired) electrons. The number of ether oxygens (including phenoxy) is 1. The van der Waals surface area contributed by atoms with Crippen molar-refractivity contribution in [2.45, 2.75) is 13.5 Å². The number of anilines is 1. The Morgan fingerprint density at radius 2 is 2.20 bits per heavy atom. The highest BCUT2D eigenvalue weighted by molar-refractivity contribution is 7.84. The minimum absolute atomic E-state index is 0.500. The summed E-state index contributed by atoms with van der Waals surface area (Å²) >= 11 is 0. The highest BCUT2D eigenvalue weighted by Crippen LogP contribution is 2.25. The molecule has 1 unspecified atom stereocenters. The molecule has 0 saturated carbocycles. The minimum Gasteiger partial charge on any atom is -0.497 e. The van der Waals surface area contributed by atoms with Crippen molar-refractivity contribution in [3.05, 3.63) is 18.2 Å². The lowest BCUT2D eigenvalue weighted by Crippen LogP contribution is -2.11. The minimum atomic E-state index is -0.852. The Morgan fingerprint density at radius 3 is 2.90 bits per heavy atom. The van der Waals surface area contributed by atoms with Crippen molar-refractivity contribution in [3.8, 4) is 17.1 Å². The van der Waals surface area contributed by atoms with Gasteiger partial charge in [0.2, 0.25) is 0 Å². The van der Waals surface area contributed by atoms with Crippen LogP contribution in [0, 0.1) is 0 Å². The molecule has 1 atom stereocenters. The second-order valence-electron chi connectivity index (χ2n) is 4.15. The molecule has 7 nitrogen and oxygen atoms in total. The van der Waals surface area contributed by atoms with Crippen LogP contribution >= 0.6 is 0 Å². The predicted octanol–water partition coefficient (Wildman–Crippen LogP) is 0.699. The lowest BCUT2D eigenvalue weighted by atomic mass is 10.2. The molecule has 1 aromatic heterocycles. The van der Waals surface area contributed by atoms with Crippen LogP contribution in [0.1, 0.15) is 6.92 Å². The number of aryl methyl sites for hydroxylation is 1. The molecule has 1 heterocycles. The maximum absolute atomic E-state index is 11.5. The van der Waals surface area contributed by atoms with Gasteiger partial charge in [-0.15, -0.1) is 5.10 Å². The average Bonchev–Trinajstić information content (AvgIpc) is 2.92. The fraction of sp³-hybridized carbons (Fsp3) is 0.417. The van der Waals surface area contributed by atoms with Crippen LogP contribution in [0.15, 0.2) is 18.2 Å². The van der Waals surface area contributed by atoms with Crippen molar-refractivity contribution in [1.82, 2.24) is 20.2 Å².